The number of sulfonamides is 1. The highest BCUT2D eigenvalue weighted by Crippen LogP contribution is 2.26. The summed E-state index contributed by atoms with van der Waals surface area (Å²) in [6, 6.07) is 3.54. The highest BCUT2D eigenvalue weighted by molar-refractivity contribution is 9.10. The zero-order chi connectivity index (χ0) is 14.8. The van der Waals surface area contributed by atoms with Crippen LogP contribution >= 0.6 is 28.3 Å². The van der Waals surface area contributed by atoms with Gasteiger partial charge >= 0.3 is 0 Å². The summed E-state index contributed by atoms with van der Waals surface area (Å²) in [6.07, 6.45) is 3.82. The van der Waals surface area contributed by atoms with Crippen molar-refractivity contribution in [1.29, 1.82) is 0 Å². The number of rotatable bonds is 4. The molecule has 0 bridgehead atoms. The van der Waals surface area contributed by atoms with Gasteiger partial charge in [0.05, 0.1) is 9.37 Å². The predicted molar refractivity (Wildman–Crippen MR) is 86.5 cm³/mol. The lowest BCUT2D eigenvalue weighted by molar-refractivity contribution is 0.296. The van der Waals surface area contributed by atoms with E-state index in [9.17, 15) is 12.8 Å². The van der Waals surface area contributed by atoms with Crippen molar-refractivity contribution < 1.29 is 12.8 Å². The lowest BCUT2D eigenvalue weighted by Gasteiger charge is -2.31. The Morgan fingerprint density at radius 2 is 2.00 bits per heavy atom. The Bertz CT molecular complexity index is 586. The second-order valence-electron chi connectivity index (χ2n) is 5.08. The van der Waals surface area contributed by atoms with Crippen molar-refractivity contribution in [3.8, 4) is 0 Å². The quantitative estimate of drug-likeness (QED) is 0.815. The smallest absolute Gasteiger partial charge is 0.240 e. The number of hydrogen-bond acceptors (Lipinski definition) is 3. The Morgan fingerprint density at radius 1 is 1.33 bits per heavy atom. The molecule has 1 aromatic rings. The lowest BCUT2D eigenvalue weighted by atomic mass is 9.85. The van der Waals surface area contributed by atoms with Crippen molar-refractivity contribution in [2.24, 2.45) is 11.7 Å². The summed E-state index contributed by atoms with van der Waals surface area (Å²) < 4.78 is 40.7. The van der Waals surface area contributed by atoms with Crippen LogP contribution in [0.4, 0.5) is 4.39 Å². The molecule has 0 saturated heterocycles. The zero-order valence-corrected chi connectivity index (χ0v) is 14.6. The third-order valence-corrected chi connectivity index (χ3v) is 5.82. The molecule has 2 unspecified atom stereocenters. The van der Waals surface area contributed by atoms with Gasteiger partial charge in [0.1, 0.15) is 5.82 Å². The number of nitrogens with two attached hydrogens (primary N) is 1. The molecule has 1 aliphatic carbocycles. The highest BCUT2D eigenvalue weighted by Gasteiger charge is 2.28. The van der Waals surface area contributed by atoms with Crippen LogP contribution in [-0.2, 0) is 10.0 Å². The minimum Gasteiger partial charge on any atom is -0.330 e. The summed E-state index contributed by atoms with van der Waals surface area (Å²) >= 11 is 3.00. The zero-order valence-electron chi connectivity index (χ0n) is 11.4. The molecule has 0 aromatic heterocycles. The molecule has 0 spiro atoms. The summed E-state index contributed by atoms with van der Waals surface area (Å²) in [5.41, 5.74) is 5.70. The Kier molecular flexibility index (Phi) is 7.06. The SMILES string of the molecule is Cl.NCC1CCCCC1NS(=O)(=O)c1ccc(F)c(Br)c1. The van der Waals surface area contributed by atoms with Crippen molar-refractivity contribution in [1.82, 2.24) is 4.72 Å². The van der Waals surface area contributed by atoms with Crippen LogP contribution in [0.2, 0.25) is 0 Å². The Labute approximate surface area is 139 Å². The molecule has 0 aliphatic heterocycles. The molecule has 1 fully saturated rings. The van der Waals surface area contributed by atoms with Crippen LogP contribution in [0.1, 0.15) is 25.7 Å². The van der Waals surface area contributed by atoms with Gasteiger partial charge < -0.3 is 5.73 Å². The Balaban J connectivity index is 0.00000220. The summed E-state index contributed by atoms with van der Waals surface area (Å²) in [4.78, 5) is 0.0621. The van der Waals surface area contributed by atoms with E-state index in [-0.39, 0.29) is 33.7 Å². The molecule has 0 radical (unpaired) electrons. The normalized spacial score (nSPS) is 22.6. The topological polar surface area (TPSA) is 72.2 Å². The van der Waals surface area contributed by atoms with Crippen LogP contribution in [0.15, 0.2) is 27.6 Å². The molecule has 1 saturated carbocycles. The lowest BCUT2D eigenvalue weighted by Crippen LogP contribution is -2.44. The summed E-state index contributed by atoms with van der Waals surface area (Å²) in [5.74, 6) is -0.316. The van der Waals surface area contributed by atoms with E-state index in [0.29, 0.717) is 6.54 Å². The van der Waals surface area contributed by atoms with Crippen LogP contribution in [0.3, 0.4) is 0 Å². The molecule has 120 valence electrons. The van der Waals surface area contributed by atoms with E-state index >= 15 is 0 Å². The molecule has 0 heterocycles. The minimum absolute atomic E-state index is 0. The maximum atomic E-state index is 13.2. The number of hydrogen-bond donors (Lipinski definition) is 2. The fraction of sp³-hybridized carbons (Fsp3) is 0.538. The molecule has 8 heteroatoms. The first-order valence-corrected chi connectivity index (χ1v) is 8.89. The molecule has 21 heavy (non-hydrogen) atoms. The van der Waals surface area contributed by atoms with Crippen LogP contribution < -0.4 is 10.5 Å². The fourth-order valence-electron chi connectivity index (χ4n) is 2.56. The van der Waals surface area contributed by atoms with Crippen molar-refractivity contribution in [2.45, 2.75) is 36.6 Å². The molecular formula is C13H19BrClFN2O2S. The molecule has 3 N–H and O–H groups in total. The predicted octanol–water partition coefficient (Wildman–Crippen LogP) is 2.81. The summed E-state index contributed by atoms with van der Waals surface area (Å²) in [6.45, 7) is 0.473. The monoisotopic (exact) mass is 400 g/mol. The van der Waals surface area contributed by atoms with E-state index in [2.05, 4.69) is 20.7 Å². The molecule has 2 atom stereocenters. The van der Waals surface area contributed by atoms with Gasteiger partial charge in [-0.3, -0.25) is 0 Å². The minimum atomic E-state index is -3.64. The molecule has 2 rings (SSSR count). The van der Waals surface area contributed by atoms with Gasteiger partial charge in [0.25, 0.3) is 0 Å². The van der Waals surface area contributed by atoms with Crippen LogP contribution in [-0.4, -0.2) is 21.0 Å². The van der Waals surface area contributed by atoms with E-state index in [0.717, 1.165) is 31.7 Å². The summed E-state index contributed by atoms with van der Waals surface area (Å²) in [5, 5.41) is 0. The van der Waals surface area contributed by atoms with Crippen LogP contribution in [0, 0.1) is 11.7 Å². The molecule has 4 nitrogen and oxygen atoms in total. The molecule has 1 aliphatic rings. The average Bonchev–Trinajstić information content (AvgIpc) is 2.42. The first-order chi connectivity index (χ1) is 9.44. The molecular weight excluding hydrogens is 383 g/mol. The van der Waals surface area contributed by atoms with Gasteiger partial charge in [-0.1, -0.05) is 12.8 Å². The van der Waals surface area contributed by atoms with Crippen molar-refractivity contribution in [3.63, 3.8) is 0 Å². The van der Waals surface area contributed by atoms with Gasteiger partial charge in [-0.2, -0.15) is 0 Å². The maximum Gasteiger partial charge on any atom is 0.240 e. The van der Waals surface area contributed by atoms with Gasteiger partial charge in [-0.05, 0) is 59.4 Å². The highest BCUT2D eigenvalue weighted by atomic mass is 79.9. The van der Waals surface area contributed by atoms with Gasteiger partial charge in [-0.15, -0.1) is 12.4 Å². The van der Waals surface area contributed by atoms with E-state index in [1.165, 1.54) is 12.1 Å². The van der Waals surface area contributed by atoms with E-state index in [4.69, 9.17) is 5.73 Å². The van der Waals surface area contributed by atoms with Crippen LogP contribution in [0.25, 0.3) is 0 Å². The largest absolute Gasteiger partial charge is 0.330 e. The van der Waals surface area contributed by atoms with E-state index in [1.54, 1.807) is 0 Å². The van der Waals surface area contributed by atoms with Crippen molar-refractivity contribution >= 4 is 38.4 Å². The van der Waals surface area contributed by atoms with Crippen molar-refractivity contribution in [3.05, 3.63) is 28.5 Å². The Morgan fingerprint density at radius 3 is 2.62 bits per heavy atom. The first kappa shape index (κ1) is 18.8. The maximum absolute atomic E-state index is 13.2. The second kappa shape index (κ2) is 7.87. The fourth-order valence-corrected chi connectivity index (χ4v) is 4.45. The standard InChI is InChI=1S/C13H18BrFN2O2S.ClH/c14-11-7-10(5-6-12(11)15)20(18,19)17-13-4-2-1-3-9(13)8-16;/h5-7,9,13,17H,1-4,8,16H2;1H. The van der Waals surface area contributed by atoms with Gasteiger partial charge in [0, 0.05) is 6.04 Å². The summed E-state index contributed by atoms with van der Waals surface area (Å²) in [7, 11) is -3.64. The van der Waals surface area contributed by atoms with Crippen LogP contribution in [0.5, 0.6) is 0 Å². The van der Waals surface area contributed by atoms with E-state index in [1.807, 2.05) is 0 Å². The number of nitrogens with one attached hydrogen (secondary N) is 1. The second-order valence-corrected chi connectivity index (χ2v) is 7.65. The molecule has 0 amide bonds. The molecule has 1 aromatic carbocycles. The van der Waals surface area contributed by atoms with Gasteiger partial charge in [0.2, 0.25) is 10.0 Å². The Hall–Kier alpha value is -0.210. The van der Waals surface area contributed by atoms with Crippen molar-refractivity contribution in [2.75, 3.05) is 6.54 Å². The number of halogens is 3. The number of benzene rings is 1. The third-order valence-electron chi connectivity index (χ3n) is 3.72. The first-order valence-electron chi connectivity index (χ1n) is 6.61. The van der Waals surface area contributed by atoms with Gasteiger partial charge in [0.15, 0.2) is 0 Å². The van der Waals surface area contributed by atoms with Gasteiger partial charge in [-0.25, -0.2) is 17.5 Å². The van der Waals surface area contributed by atoms with E-state index < -0.39 is 15.8 Å². The third kappa shape index (κ3) is 4.63. The average molecular weight is 402 g/mol.